The predicted molar refractivity (Wildman–Crippen MR) is 67.8 cm³/mol. The minimum absolute atomic E-state index is 0.0917. The zero-order valence-corrected chi connectivity index (χ0v) is 10.5. The number of aliphatic hydroxyl groups excluding tert-OH is 1. The van der Waals surface area contributed by atoms with Crippen LogP contribution in [0.5, 0.6) is 0 Å². The van der Waals surface area contributed by atoms with Gasteiger partial charge in [0.25, 0.3) is 0 Å². The first kappa shape index (κ1) is 14.1. The van der Waals surface area contributed by atoms with Crippen LogP contribution in [0.15, 0.2) is 6.33 Å². The second-order valence-electron chi connectivity index (χ2n) is 3.49. The van der Waals surface area contributed by atoms with Crippen molar-refractivity contribution in [2.45, 2.75) is 13.8 Å². The fraction of sp³-hybridized carbons (Fsp3) is 0.600. The van der Waals surface area contributed by atoms with Crippen LogP contribution < -0.4 is 10.2 Å². The summed E-state index contributed by atoms with van der Waals surface area (Å²) in [5.41, 5.74) is -0.158. The van der Waals surface area contributed by atoms with E-state index in [0.29, 0.717) is 19.6 Å². The Kier molecular flexibility index (Phi) is 5.25. The molecule has 1 aromatic heterocycles. The first-order chi connectivity index (χ1) is 8.65. The number of aromatic nitrogens is 2. The van der Waals surface area contributed by atoms with Crippen molar-refractivity contribution < 1.29 is 10.0 Å². The topological polar surface area (TPSA) is 104 Å². The van der Waals surface area contributed by atoms with Crippen LogP contribution in [-0.4, -0.2) is 46.2 Å². The molecule has 0 amide bonds. The number of hydrogen-bond donors (Lipinski definition) is 2. The number of hydrogen-bond acceptors (Lipinski definition) is 7. The third-order valence-corrected chi connectivity index (χ3v) is 2.38. The molecule has 2 N–H and O–H groups in total. The van der Waals surface area contributed by atoms with Gasteiger partial charge in [-0.15, -0.1) is 0 Å². The highest BCUT2D eigenvalue weighted by atomic mass is 16.6. The molecule has 0 unspecified atom stereocenters. The molecule has 1 aromatic rings. The van der Waals surface area contributed by atoms with Crippen LogP contribution >= 0.6 is 0 Å². The Morgan fingerprint density at radius 2 is 2.22 bits per heavy atom. The number of anilines is 2. The Bertz CT molecular complexity index is 412. The van der Waals surface area contributed by atoms with Crippen molar-refractivity contribution in [1.29, 1.82) is 0 Å². The van der Waals surface area contributed by atoms with Gasteiger partial charge >= 0.3 is 5.69 Å². The average molecular weight is 255 g/mol. The average Bonchev–Trinajstić information content (AvgIpc) is 2.35. The van der Waals surface area contributed by atoms with Gasteiger partial charge in [0.15, 0.2) is 0 Å². The summed E-state index contributed by atoms with van der Waals surface area (Å²) >= 11 is 0. The molecule has 0 aromatic carbocycles. The SMILES string of the molecule is CCNc1ncnc(N(CC)CCO)c1[N+](=O)[O-]. The van der Waals surface area contributed by atoms with Crippen molar-refractivity contribution >= 4 is 17.3 Å². The van der Waals surface area contributed by atoms with Gasteiger partial charge in [0.1, 0.15) is 6.33 Å². The summed E-state index contributed by atoms with van der Waals surface area (Å²) in [7, 11) is 0. The zero-order valence-electron chi connectivity index (χ0n) is 10.5. The minimum atomic E-state index is -0.507. The fourth-order valence-electron chi connectivity index (χ4n) is 1.60. The van der Waals surface area contributed by atoms with Crippen LogP contribution in [0.25, 0.3) is 0 Å². The van der Waals surface area contributed by atoms with Crippen LogP contribution in [0.3, 0.4) is 0 Å². The van der Waals surface area contributed by atoms with Gasteiger partial charge < -0.3 is 15.3 Å². The highest BCUT2D eigenvalue weighted by molar-refractivity contribution is 5.70. The van der Waals surface area contributed by atoms with Crippen molar-refractivity contribution in [3.05, 3.63) is 16.4 Å². The molecule has 0 atom stereocenters. The van der Waals surface area contributed by atoms with Crippen molar-refractivity contribution in [2.75, 3.05) is 36.5 Å². The lowest BCUT2D eigenvalue weighted by Gasteiger charge is -2.20. The quantitative estimate of drug-likeness (QED) is 0.544. The summed E-state index contributed by atoms with van der Waals surface area (Å²) in [6.45, 7) is 4.92. The monoisotopic (exact) mass is 255 g/mol. The number of nitrogens with zero attached hydrogens (tertiary/aromatic N) is 4. The second kappa shape index (κ2) is 6.70. The maximum absolute atomic E-state index is 11.1. The molecule has 0 fully saturated rings. The molecule has 0 radical (unpaired) electrons. The van der Waals surface area contributed by atoms with Crippen molar-refractivity contribution in [2.24, 2.45) is 0 Å². The first-order valence-electron chi connectivity index (χ1n) is 5.74. The summed E-state index contributed by atoms with van der Waals surface area (Å²) in [6, 6.07) is 0. The molecular formula is C10H17N5O3. The van der Waals surface area contributed by atoms with Crippen molar-refractivity contribution in [3.8, 4) is 0 Å². The van der Waals surface area contributed by atoms with Gasteiger partial charge in [-0.05, 0) is 13.8 Å². The Morgan fingerprint density at radius 1 is 1.50 bits per heavy atom. The molecular weight excluding hydrogens is 238 g/mol. The fourth-order valence-corrected chi connectivity index (χ4v) is 1.60. The summed E-state index contributed by atoms with van der Waals surface area (Å²) in [4.78, 5) is 20.1. The van der Waals surface area contributed by atoms with E-state index in [1.54, 1.807) is 4.90 Å². The van der Waals surface area contributed by atoms with E-state index < -0.39 is 4.92 Å². The van der Waals surface area contributed by atoms with E-state index in [1.165, 1.54) is 6.33 Å². The Labute approximate surface area is 105 Å². The van der Waals surface area contributed by atoms with E-state index in [0.717, 1.165) is 0 Å². The van der Waals surface area contributed by atoms with E-state index in [1.807, 2.05) is 13.8 Å². The highest BCUT2D eigenvalue weighted by Gasteiger charge is 2.25. The van der Waals surface area contributed by atoms with Crippen molar-refractivity contribution in [1.82, 2.24) is 9.97 Å². The lowest BCUT2D eigenvalue weighted by atomic mass is 10.3. The van der Waals surface area contributed by atoms with Crippen LogP contribution in [0.4, 0.5) is 17.3 Å². The molecule has 0 bridgehead atoms. The van der Waals surface area contributed by atoms with Crippen molar-refractivity contribution in [3.63, 3.8) is 0 Å². The zero-order chi connectivity index (χ0) is 13.5. The molecule has 0 spiro atoms. The number of likely N-dealkylation sites (N-methyl/N-ethyl adjacent to an activating group) is 1. The van der Waals surface area contributed by atoms with E-state index in [4.69, 9.17) is 5.11 Å². The van der Waals surface area contributed by atoms with Crippen LogP contribution in [0.1, 0.15) is 13.8 Å². The second-order valence-corrected chi connectivity index (χ2v) is 3.49. The van der Waals surface area contributed by atoms with Crippen LogP contribution in [0, 0.1) is 10.1 Å². The standard InChI is InChI=1S/C10H17N5O3/c1-3-11-9-8(15(17)18)10(13-7-12-9)14(4-2)5-6-16/h7,16H,3-6H2,1-2H3,(H,11,12,13). The number of nitrogens with one attached hydrogen (secondary N) is 1. The molecule has 0 aliphatic rings. The molecule has 8 nitrogen and oxygen atoms in total. The summed E-state index contributed by atoms with van der Waals surface area (Å²) in [6.07, 6.45) is 1.28. The third-order valence-electron chi connectivity index (χ3n) is 2.38. The molecule has 0 saturated heterocycles. The third kappa shape index (κ3) is 3.04. The highest BCUT2D eigenvalue weighted by Crippen LogP contribution is 2.31. The molecule has 1 heterocycles. The van der Waals surface area contributed by atoms with Gasteiger partial charge in [0, 0.05) is 19.6 Å². The van der Waals surface area contributed by atoms with Gasteiger partial charge in [-0.3, -0.25) is 10.1 Å². The lowest BCUT2D eigenvalue weighted by molar-refractivity contribution is -0.383. The van der Waals surface area contributed by atoms with E-state index in [-0.39, 0.29) is 23.9 Å². The number of rotatable bonds is 7. The molecule has 8 heteroatoms. The summed E-state index contributed by atoms with van der Waals surface area (Å²) in [5.74, 6) is 0.423. The van der Waals surface area contributed by atoms with Gasteiger partial charge in [0.2, 0.25) is 11.6 Å². The Morgan fingerprint density at radius 3 is 2.72 bits per heavy atom. The van der Waals surface area contributed by atoms with Gasteiger partial charge in [-0.2, -0.15) is 0 Å². The van der Waals surface area contributed by atoms with Crippen LogP contribution in [-0.2, 0) is 0 Å². The normalized spacial score (nSPS) is 10.2. The number of aliphatic hydroxyl groups is 1. The molecule has 0 saturated carbocycles. The van der Waals surface area contributed by atoms with Gasteiger partial charge in [-0.1, -0.05) is 0 Å². The van der Waals surface area contributed by atoms with E-state index >= 15 is 0 Å². The minimum Gasteiger partial charge on any atom is -0.395 e. The number of nitro groups is 1. The van der Waals surface area contributed by atoms with E-state index in [9.17, 15) is 10.1 Å². The summed E-state index contributed by atoms with van der Waals surface area (Å²) < 4.78 is 0. The first-order valence-corrected chi connectivity index (χ1v) is 5.74. The smallest absolute Gasteiger partial charge is 0.353 e. The molecule has 18 heavy (non-hydrogen) atoms. The van der Waals surface area contributed by atoms with Gasteiger partial charge in [-0.25, -0.2) is 9.97 Å². The molecule has 100 valence electrons. The van der Waals surface area contributed by atoms with Gasteiger partial charge in [0.05, 0.1) is 11.5 Å². The molecule has 0 aliphatic heterocycles. The largest absolute Gasteiger partial charge is 0.395 e. The maximum Gasteiger partial charge on any atom is 0.353 e. The maximum atomic E-state index is 11.1. The Hall–Kier alpha value is -1.96. The Balaban J connectivity index is 3.24. The van der Waals surface area contributed by atoms with E-state index in [2.05, 4.69) is 15.3 Å². The molecule has 0 aliphatic carbocycles. The summed E-state index contributed by atoms with van der Waals surface area (Å²) in [5, 5.41) is 22.9. The van der Waals surface area contributed by atoms with Crippen LogP contribution in [0.2, 0.25) is 0 Å². The molecule has 1 rings (SSSR count). The predicted octanol–water partition coefficient (Wildman–Crippen LogP) is 0.635. The lowest BCUT2D eigenvalue weighted by Crippen LogP contribution is -2.28.